The van der Waals surface area contributed by atoms with E-state index in [1.165, 1.54) is 11.3 Å². The van der Waals surface area contributed by atoms with E-state index in [0.29, 0.717) is 5.75 Å². The van der Waals surface area contributed by atoms with Crippen LogP contribution in [0.1, 0.15) is 12.0 Å². The van der Waals surface area contributed by atoms with Gasteiger partial charge in [0.2, 0.25) is 5.91 Å². The van der Waals surface area contributed by atoms with Gasteiger partial charge in [-0.15, -0.1) is 11.8 Å². The zero-order valence-electron chi connectivity index (χ0n) is 15.6. The number of hydrogen-bond acceptors (Lipinski definition) is 4. The molecule has 1 amide bonds. The number of hydrogen-bond donors (Lipinski definition) is 0. The van der Waals surface area contributed by atoms with E-state index in [1.54, 1.807) is 18.9 Å². The summed E-state index contributed by atoms with van der Waals surface area (Å²) in [6.07, 6.45) is 0.986. The van der Waals surface area contributed by atoms with Gasteiger partial charge in [0.15, 0.2) is 0 Å². The van der Waals surface area contributed by atoms with Crippen molar-refractivity contribution in [3.05, 3.63) is 59.1 Å². The molecule has 2 aromatic rings. The zero-order valence-corrected chi connectivity index (χ0v) is 17.1. The number of halogens is 1. The highest BCUT2D eigenvalue weighted by atomic mass is 35.5. The van der Waals surface area contributed by atoms with Crippen LogP contribution in [0.4, 0.5) is 5.69 Å². The third kappa shape index (κ3) is 5.81. The molecule has 1 aliphatic rings. The Bertz CT molecular complexity index is 737. The van der Waals surface area contributed by atoms with Gasteiger partial charge in [0.25, 0.3) is 0 Å². The van der Waals surface area contributed by atoms with Crippen molar-refractivity contribution >= 4 is 35.0 Å². The second-order valence-electron chi connectivity index (χ2n) is 6.54. The highest BCUT2D eigenvalue weighted by molar-refractivity contribution is 7.99. The number of anilines is 1. The second kappa shape index (κ2) is 9.90. The molecule has 2 aromatic carbocycles. The van der Waals surface area contributed by atoms with Gasteiger partial charge in [-0.2, -0.15) is 0 Å². The molecule has 0 N–H and O–H groups in total. The molecule has 1 saturated heterocycles. The molecule has 3 rings (SSSR count). The SMILES string of the molecule is COc1ccc(N2CCCN(C(=O)CSCc3ccc(Cl)cc3)CC2)cc1. The maximum atomic E-state index is 12.6. The van der Waals surface area contributed by atoms with E-state index in [9.17, 15) is 4.79 Å². The number of rotatable bonds is 6. The molecular formula is C21H25ClN2O2S. The van der Waals surface area contributed by atoms with Crippen molar-refractivity contribution in [3.63, 3.8) is 0 Å². The number of nitrogens with zero attached hydrogens (tertiary/aromatic N) is 2. The van der Waals surface area contributed by atoms with Gasteiger partial charge in [-0.1, -0.05) is 23.7 Å². The number of carbonyl (C=O) groups is 1. The third-order valence-corrected chi connectivity index (χ3v) is 5.93. The van der Waals surface area contributed by atoms with E-state index in [0.717, 1.165) is 49.1 Å². The molecule has 4 nitrogen and oxygen atoms in total. The van der Waals surface area contributed by atoms with Crippen molar-refractivity contribution in [2.75, 3.05) is 43.9 Å². The Balaban J connectivity index is 1.46. The Labute approximate surface area is 170 Å². The Morgan fingerprint density at radius 1 is 1.04 bits per heavy atom. The van der Waals surface area contributed by atoms with E-state index in [1.807, 2.05) is 41.3 Å². The average Bonchev–Trinajstić information content (AvgIpc) is 2.96. The van der Waals surface area contributed by atoms with Crippen LogP contribution in [0.15, 0.2) is 48.5 Å². The predicted molar refractivity (Wildman–Crippen MR) is 114 cm³/mol. The predicted octanol–water partition coefficient (Wildman–Crippen LogP) is 4.32. The molecule has 27 heavy (non-hydrogen) atoms. The first-order valence-corrected chi connectivity index (χ1v) is 10.7. The normalized spacial score (nSPS) is 14.7. The lowest BCUT2D eigenvalue weighted by atomic mass is 10.2. The Morgan fingerprint density at radius 3 is 2.48 bits per heavy atom. The zero-order chi connectivity index (χ0) is 19.1. The summed E-state index contributed by atoms with van der Waals surface area (Å²) in [7, 11) is 1.68. The molecule has 0 radical (unpaired) electrons. The summed E-state index contributed by atoms with van der Waals surface area (Å²) in [5, 5.41) is 0.741. The van der Waals surface area contributed by atoms with Crippen LogP contribution in [-0.2, 0) is 10.5 Å². The maximum absolute atomic E-state index is 12.6. The molecule has 0 aromatic heterocycles. The molecule has 0 aliphatic carbocycles. The van der Waals surface area contributed by atoms with Crippen LogP contribution in [0.3, 0.4) is 0 Å². The summed E-state index contributed by atoms with van der Waals surface area (Å²) in [6, 6.07) is 15.9. The number of benzene rings is 2. The highest BCUT2D eigenvalue weighted by Gasteiger charge is 2.19. The minimum absolute atomic E-state index is 0.227. The van der Waals surface area contributed by atoms with Crippen LogP contribution < -0.4 is 9.64 Å². The van der Waals surface area contributed by atoms with E-state index in [4.69, 9.17) is 16.3 Å². The van der Waals surface area contributed by atoms with E-state index < -0.39 is 0 Å². The molecular weight excluding hydrogens is 380 g/mol. The molecule has 0 unspecified atom stereocenters. The summed E-state index contributed by atoms with van der Waals surface area (Å²) < 4.78 is 5.22. The van der Waals surface area contributed by atoms with Crippen molar-refractivity contribution in [1.82, 2.24) is 4.90 Å². The van der Waals surface area contributed by atoms with Crippen LogP contribution >= 0.6 is 23.4 Å². The van der Waals surface area contributed by atoms with Gasteiger partial charge >= 0.3 is 0 Å². The number of methoxy groups -OCH3 is 1. The highest BCUT2D eigenvalue weighted by Crippen LogP contribution is 2.21. The lowest BCUT2D eigenvalue weighted by molar-refractivity contribution is -0.128. The topological polar surface area (TPSA) is 32.8 Å². The van der Waals surface area contributed by atoms with E-state index in [-0.39, 0.29) is 5.91 Å². The summed E-state index contributed by atoms with van der Waals surface area (Å²) in [6.45, 7) is 3.42. The largest absolute Gasteiger partial charge is 0.497 e. The first-order chi connectivity index (χ1) is 13.2. The fourth-order valence-electron chi connectivity index (χ4n) is 3.15. The van der Waals surface area contributed by atoms with E-state index >= 15 is 0 Å². The minimum Gasteiger partial charge on any atom is -0.497 e. The molecule has 6 heteroatoms. The van der Waals surface area contributed by atoms with Crippen molar-refractivity contribution in [2.24, 2.45) is 0 Å². The number of carbonyl (C=O) groups excluding carboxylic acids is 1. The molecule has 1 fully saturated rings. The fourth-order valence-corrected chi connectivity index (χ4v) is 4.16. The van der Waals surface area contributed by atoms with Crippen molar-refractivity contribution in [2.45, 2.75) is 12.2 Å². The van der Waals surface area contributed by atoms with Gasteiger partial charge in [-0.3, -0.25) is 4.79 Å². The lowest BCUT2D eigenvalue weighted by Crippen LogP contribution is -2.36. The summed E-state index contributed by atoms with van der Waals surface area (Å²) >= 11 is 7.57. The molecule has 1 aliphatic heterocycles. The van der Waals surface area contributed by atoms with Crippen molar-refractivity contribution in [3.8, 4) is 5.75 Å². The molecule has 0 atom stereocenters. The molecule has 0 spiro atoms. The standard InChI is InChI=1S/C21H25ClN2O2S/c1-26-20-9-7-19(8-10-20)23-11-2-12-24(14-13-23)21(25)16-27-15-17-3-5-18(22)6-4-17/h3-10H,2,11-16H2,1H3. The summed E-state index contributed by atoms with van der Waals surface area (Å²) in [5.74, 6) is 2.44. The van der Waals surface area contributed by atoms with Crippen LogP contribution in [0.2, 0.25) is 5.02 Å². The first kappa shape index (κ1) is 19.9. The van der Waals surface area contributed by atoms with Crippen molar-refractivity contribution < 1.29 is 9.53 Å². The fraction of sp³-hybridized carbons (Fsp3) is 0.381. The molecule has 0 saturated carbocycles. The Morgan fingerprint density at radius 2 is 1.78 bits per heavy atom. The monoisotopic (exact) mass is 404 g/mol. The van der Waals surface area contributed by atoms with Crippen LogP contribution in [-0.4, -0.2) is 49.8 Å². The second-order valence-corrected chi connectivity index (χ2v) is 7.96. The van der Waals surface area contributed by atoms with Crippen LogP contribution in [0, 0.1) is 0 Å². The van der Waals surface area contributed by atoms with Gasteiger partial charge in [-0.05, 0) is 48.4 Å². The third-order valence-electron chi connectivity index (χ3n) is 4.69. The average molecular weight is 405 g/mol. The molecule has 0 bridgehead atoms. The maximum Gasteiger partial charge on any atom is 0.232 e. The summed E-state index contributed by atoms with van der Waals surface area (Å²) in [4.78, 5) is 16.9. The summed E-state index contributed by atoms with van der Waals surface area (Å²) in [5.41, 5.74) is 2.38. The number of amides is 1. The quantitative estimate of drug-likeness (QED) is 0.717. The minimum atomic E-state index is 0.227. The molecule has 144 valence electrons. The van der Waals surface area contributed by atoms with Gasteiger partial charge in [0.1, 0.15) is 5.75 Å². The van der Waals surface area contributed by atoms with E-state index in [2.05, 4.69) is 17.0 Å². The number of ether oxygens (including phenoxy) is 1. The first-order valence-electron chi connectivity index (χ1n) is 9.14. The lowest BCUT2D eigenvalue weighted by Gasteiger charge is -2.24. The smallest absolute Gasteiger partial charge is 0.232 e. The molecule has 1 heterocycles. The van der Waals surface area contributed by atoms with Gasteiger partial charge in [-0.25, -0.2) is 0 Å². The van der Waals surface area contributed by atoms with Crippen molar-refractivity contribution in [1.29, 1.82) is 0 Å². The number of thioether (sulfide) groups is 1. The van der Waals surface area contributed by atoms with Crippen LogP contribution in [0.5, 0.6) is 5.75 Å². The van der Waals surface area contributed by atoms with Gasteiger partial charge < -0.3 is 14.5 Å². The Hall–Kier alpha value is -1.85. The van der Waals surface area contributed by atoms with Gasteiger partial charge in [0, 0.05) is 42.6 Å². The van der Waals surface area contributed by atoms with Crippen LogP contribution in [0.25, 0.3) is 0 Å². The Kier molecular flexibility index (Phi) is 7.30. The van der Waals surface area contributed by atoms with Gasteiger partial charge in [0.05, 0.1) is 12.9 Å².